The van der Waals surface area contributed by atoms with Gasteiger partial charge in [-0.15, -0.1) is 17.9 Å². The molecule has 0 fully saturated rings. The summed E-state index contributed by atoms with van der Waals surface area (Å²) in [5.74, 6) is 0. The van der Waals surface area contributed by atoms with Gasteiger partial charge in [0.1, 0.15) is 0 Å². The Kier molecular flexibility index (Phi) is 1.51. The van der Waals surface area contributed by atoms with E-state index < -0.39 is 0 Å². The highest BCUT2D eigenvalue weighted by Crippen LogP contribution is 2.15. The van der Waals surface area contributed by atoms with Crippen LogP contribution in [0.5, 0.6) is 0 Å². The van der Waals surface area contributed by atoms with E-state index in [4.69, 9.17) is 0 Å². The Morgan fingerprint density at radius 2 is 2.55 bits per heavy atom. The van der Waals surface area contributed by atoms with Crippen LogP contribution in [-0.4, -0.2) is 9.38 Å². The first kappa shape index (κ1) is 6.61. The Hall–Kier alpha value is -1.09. The lowest BCUT2D eigenvalue weighted by atomic mass is 10.3. The topological polar surface area (TPSA) is 17.3 Å². The van der Waals surface area contributed by atoms with E-state index in [2.05, 4.69) is 16.9 Å². The highest BCUT2D eigenvalue weighted by molar-refractivity contribution is 7.15. The van der Waals surface area contributed by atoms with Gasteiger partial charge in [-0.25, -0.2) is 4.98 Å². The van der Waals surface area contributed by atoms with E-state index in [0.29, 0.717) is 0 Å². The summed E-state index contributed by atoms with van der Waals surface area (Å²) >= 11 is 1.63. The van der Waals surface area contributed by atoms with Crippen LogP contribution in [0.25, 0.3) is 4.96 Å². The molecule has 0 saturated carbocycles. The van der Waals surface area contributed by atoms with Gasteiger partial charge in [-0.2, -0.15) is 0 Å². The number of fused-ring (bicyclic) bond motifs is 1. The van der Waals surface area contributed by atoms with E-state index in [1.807, 2.05) is 17.0 Å². The van der Waals surface area contributed by atoms with Crippen molar-refractivity contribution in [3.8, 4) is 0 Å². The molecule has 11 heavy (non-hydrogen) atoms. The molecule has 0 spiro atoms. The molecule has 0 bridgehead atoms. The fraction of sp³-hybridized carbons (Fsp3) is 0. The van der Waals surface area contributed by atoms with Crippen LogP contribution in [0.4, 0.5) is 0 Å². The fourth-order valence-corrected chi connectivity index (χ4v) is 1.80. The predicted molar refractivity (Wildman–Crippen MR) is 46.7 cm³/mol. The van der Waals surface area contributed by atoms with Crippen molar-refractivity contribution >= 4 is 16.3 Å². The highest BCUT2D eigenvalue weighted by atomic mass is 32.1. The zero-order chi connectivity index (χ0) is 7.68. The van der Waals surface area contributed by atoms with Crippen molar-refractivity contribution in [3.05, 3.63) is 42.5 Å². The van der Waals surface area contributed by atoms with E-state index in [9.17, 15) is 0 Å². The minimum absolute atomic E-state index is 1.03. The molecule has 0 N–H and O–H groups in total. The molecule has 0 aromatic carbocycles. The molecular formula is C8H7N2S. The highest BCUT2D eigenvalue weighted by Gasteiger charge is 2.00. The lowest BCUT2D eigenvalue weighted by Crippen LogP contribution is -1.83. The summed E-state index contributed by atoms with van der Waals surface area (Å²) in [6.45, 7) is 3.64. The monoisotopic (exact) mass is 163 g/mol. The third kappa shape index (κ3) is 0.973. The van der Waals surface area contributed by atoms with Gasteiger partial charge in [0.25, 0.3) is 0 Å². The number of thiazole rings is 1. The molecule has 2 heterocycles. The van der Waals surface area contributed by atoms with Gasteiger partial charge in [-0.05, 0) is 0 Å². The Balaban J connectivity index is 2.59. The van der Waals surface area contributed by atoms with Crippen LogP contribution in [0.3, 0.4) is 0 Å². The van der Waals surface area contributed by atoms with Crippen molar-refractivity contribution in [2.45, 2.75) is 0 Å². The molecule has 2 aromatic heterocycles. The van der Waals surface area contributed by atoms with Gasteiger partial charge < -0.3 is 0 Å². The summed E-state index contributed by atoms with van der Waals surface area (Å²) in [6.07, 6.45) is 7.49. The number of hydrogen-bond donors (Lipinski definition) is 0. The summed E-state index contributed by atoms with van der Waals surface area (Å²) in [7, 11) is 0. The molecule has 3 heteroatoms. The van der Waals surface area contributed by atoms with Gasteiger partial charge in [-0.3, -0.25) is 4.40 Å². The minimum atomic E-state index is 1.03. The average Bonchev–Trinajstić information content (AvgIpc) is 2.53. The summed E-state index contributed by atoms with van der Waals surface area (Å²) in [4.78, 5) is 5.17. The average molecular weight is 163 g/mol. The van der Waals surface area contributed by atoms with Gasteiger partial charge in [-0.1, -0.05) is 6.08 Å². The van der Waals surface area contributed by atoms with E-state index in [-0.39, 0.29) is 0 Å². The summed E-state index contributed by atoms with van der Waals surface area (Å²) in [6, 6.07) is 0. The van der Waals surface area contributed by atoms with Crippen molar-refractivity contribution in [1.29, 1.82) is 0 Å². The third-order valence-corrected chi connectivity index (χ3v) is 2.33. The molecule has 0 saturated heterocycles. The number of allylic oxidation sites excluding steroid dienone is 1. The maximum absolute atomic E-state index is 4.15. The van der Waals surface area contributed by atoms with Crippen LogP contribution in [0.1, 0.15) is 5.69 Å². The summed E-state index contributed by atoms with van der Waals surface area (Å²) in [5, 5.41) is 2.06. The normalized spacial score (nSPS) is 10.5. The first-order valence-electron chi connectivity index (χ1n) is 3.28. The van der Waals surface area contributed by atoms with Crippen LogP contribution >= 0.6 is 11.3 Å². The summed E-state index contributed by atoms with van der Waals surface area (Å²) < 4.78 is 2.03. The number of imidazole rings is 1. The summed E-state index contributed by atoms with van der Waals surface area (Å²) in [5.41, 5.74) is 1.14. The number of hydrogen-bond acceptors (Lipinski definition) is 2. The molecule has 0 unspecified atom stereocenters. The van der Waals surface area contributed by atoms with Gasteiger partial charge in [0, 0.05) is 29.9 Å². The van der Waals surface area contributed by atoms with Crippen LogP contribution < -0.4 is 0 Å². The zero-order valence-corrected chi connectivity index (χ0v) is 6.71. The number of nitrogens with zero attached hydrogens (tertiary/aromatic N) is 2. The second-order valence-electron chi connectivity index (χ2n) is 2.14. The van der Waals surface area contributed by atoms with Crippen molar-refractivity contribution in [1.82, 2.24) is 9.38 Å². The smallest absolute Gasteiger partial charge is 0.193 e. The molecular weight excluding hydrogens is 156 g/mol. The van der Waals surface area contributed by atoms with Crippen LogP contribution in [-0.2, 0) is 0 Å². The molecule has 2 aromatic rings. The molecule has 2 nitrogen and oxygen atoms in total. The first-order chi connectivity index (χ1) is 5.42. The molecule has 1 radical (unpaired) electrons. The largest absolute Gasteiger partial charge is 0.294 e. The van der Waals surface area contributed by atoms with Crippen LogP contribution in [0.15, 0.2) is 30.4 Å². The molecule has 2 rings (SSSR count). The SMILES string of the molecule is C=C[CH]c1csc2nccn12. The lowest BCUT2D eigenvalue weighted by molar-refractivity contribution is 1.16. The Morgan fingerprint density at radius 1 is 1.64 bits per heavy atom. The molecule has 0 atom stereocenters. The molecule has 55 valence electrons. The molecule has 0 aliphatic rings. The zero-order valence-electron chi connectivity index (χ0n) is 5.90. The van der Waals surface area contributed by atoms with Gasteiger partial charge in [0.15, 0.2) is 4.96 Å². The van der Waals surface area contributed by atoms with Crippen LogP contribution in [0, 0.1) is 6.42 Å². The quantitative estimate of drug-likeness (QED) is 0.663. The maximum atomic E-state index is 4.15. The third-order valence-electron chi connectivity index (χ3n) is 1.46. The van der Waals surface area contributed by atoms with E-state index in [1.165, 1.54) is 0 Å². The van der Waals surface area contributed by atoms with E-state index >= 15 is 0 Å². The van der Waals surface area contributed by atoms with Crippen molar-refractivity contribution in [3.63, 3.8) is 0 Å². The lowest BCUT2D eigenvalue weighted by Gasteiger charge is -1.89. The minimum Gasteiger partial charge on any atom is -0.294 e. The van der Waals surface area contributed by atoms with Crippen molar-refractivity contribution < 1.29 is 0 Å². The Bertz CT molecular complexity index is 372. The second-order valence-corrected chi connectivity index (χ2v) is 2.98. The first-order valence-corrected chi connectivity index (χ1v) is 4.16. The van der Waals surface area contributed by atoms with Crippen LogP contribution in [0.2, 0.25) is 0 Å². The number of rotatable bonds is 2. The molecule has 0 aliphatic heterocycles. The van der Waals surface area contributed by atoms with Crippen molar-refractivity contribution in [2.24, 2.45) is 0 Å². The van der Waals surface area contributed by atoms with Gasteiger partial charge in [0.2, 0.25) is 0 Å². The predicted octanol–water partition coefficient (Wildman–Crippen LogP) is 2.13. The van der Waals surface area contributed by atoms with E-state index in [0.717, 1.165) is 10.7 Å². The van der Waals surface area contributed by atoms with Gasteiger partial charge >= 0.3 is 0 Å². The van der Waals surface area contributed by atoms with E-state index in [1.54, 1.807) is 23.6 Å². The fourth-order valence-electron chi connectivity index (χ4n) is 0.984. The number of aromatic nitrogens is 2. The molecule has 0 amide bonds. The Morgan fingerprint density at radius 3 is 3.36 bits per heavy atom. The van der Waals surface area contributed by atoms with Crippen molar-refractivity contribution in [2.75, 3.05) is 0 Å². The molecule has 0 aliphatic carbocycles. The standard InChI is InChI=1S/C8H7N2S/c1-2-3-7-6-11-8-9-4-5-10(7)8/h2-6H,1H2. The Labute approximate surface area is 68.8 Å². The van der Waals surface area contributed by atoms with Gasteiger partial charge in [0.05, 0.1) is 0 Å². The maximum Gasteiger partial charge on any atom is 0.193 e. The second kappa shape index (κ2) is 2.51.